The van der Waals surface area contributed by atoms with Crippen LogP contribution in [0.25, 0.3) is 10.2 Å². The van der Waals surface area contributed by atoms with Gasteiger partial charge in [-0.05, 0) is 55.7 Å². The zero-order valence-corrected chi connectivity index (χ0v) is 16.1. The molecule has 0 radical (unpaired) electrons. The standard InChI is InChI=1S/C21H22N4OS/c1-12-17-19(25-16-8-4-6-13-5-2-3-7-15(13)16)22-11-23-21(17)27-18(12)20(26)24-14-9-10-14/h2-3,5,7,11,14,16H,4,6,8-10H2,1H3,(H,24,26)(H,22,23,25)/t16-/m0/s1. The predicted molar refractivity (Wildman–Crippen MR) is 108 cm³/mol. The Morgan fingerprint density at radius 1 is 1.19 bits per heavy atom. The van der Waals surface area contributed by atoms with E-state index >= 15 is 0 Å². The summed E-state index contributed by atoms with van der Waals surface area (Å²) in [6.45, 7) is 2.00. The molecule has 0 aliphatic heterocycles. The van der Waals surface area contributed by atoms with Crippen LogP contribution in [0.15, 0.2) is 30.6 Å². The van der Waals surface area contributed by atoms with Gasteiger partial charge in [0.05, 0.1) is 16.3 Å². The number of hydrogen-bond donors (Lipinski definition) is 2. The fourth-order valence-electron chi connectivity index (χ4n) is 3.95. The molecule has 1 saturated carbocycles. The van der Waals surface area contributed by atoms with Gasteiger partial charge in [-0.2, -0.15) is 0 Å². The van der Waals surface area contributed by atoms with Gasteiger partial charge in [0.2, 0.25) is 0 Å². The van der Waals surface area contributed by atoms with Crippen molar-refractivity contribution in [2.75, 3.05) is 5.32 Å². The number of rotatable bonds is 4. The summed E-state index contributed by atoms with van der Waals surface area (Å²) < 4.78 is 0. The Balaban J connectivity index is 1.51. The first-order valence-electron chi connectivity index (χ1n) is 9.60. The summed E-state index contributed by atoms with van der Waals surface area (Å²) in [5.41, 5.74) is 3.74. The Morgan fingerprint density at radius 2 is 2.04 bits per heavy atom. The van der Waals surface area contributed by atoms with Crippen molar-refractivity contribution in [2.45, 2.75) is 51.1 Å². The topological polar surface area (TPSA) is 66.9 Å². The number of fused-ring (bicyclic) bond motifs is 2. The number of nitrogens with one attached hydrogen (secondary N) is 2. The molecule has 0 spiro atoms. The Bertz CT molecular complexity index is 1020. The number of aryl methyl sites for hydroxylation is 2. The first-order chi connectivity index (χ1) is 13.2. The van der Waals surface area contributed by atoms with E-state index in [9.17, 15) is 4.79 Å². The molecule has 2 aliphatic rings. The summed E-state index contributed by atoms with van der Waals surface area (Å²) in [6.07, 6.45) is 7.16. The number of carbonyl (C=O) groups excluding carboxylic acids is 1. The number of hydrogen-bond acceptors (Lipinski definition) is 5. The van der Waals surface area contributed by atoms with E-state index in [0.717, 1.165) is 52.2 Å². The van der Waals surface area contributed by atoms with Crippen LogP contribution in [-0.4, -0.2) is 21.9 Å². The molecule has 6 heteroatoms. The lowest BCUT2D eigenvalue weighted by Crippen LogP contribution is -2.25. The third-order valence-electron chi connectivity index (χ3n) is 5.53. The average molecular weight is 379 g/mol. The van der Waals surface area contributed by atoms with Crippen LogP contribution in [0.4, 0.5) is 5.82 Å². The van der Waals surface area contributed by atoms with Gasteiger partial charge in [0.15, 0.2) is 0 Å². The van der Waals surface area contributed by atoms with Crippen LogP contribution < -0.4 is 10.6 Å². The molecular formula is C21H22N4OS. The van der Waals surface area contributed by atoms with Crippen molar-refractivity contribution in [2.24, 2.45) is 0 Å². The first kappa shape index (κ1) is 16.7. The molecule has 27 heavy (non-hydrogen) atoms. The molecule has 1 atom stereocenters. The van der Waals surface area contributed by atoms with E-state index in [1.54, 1.807) is 6.33 Å². The Labute approximate surface area is 162 Å². The lowest BCUT2D eigenvalue weighted by Gasteiger charge is -2.27. The molecule has 138 valence electrons. The monoisotopic (exact) mass is 378 g/mol. The highest BCUT2D eigenvalue weighted by Crippen LogP contribution is 2.37. The van der Waals surface area contributed by atoms with E-state index < -0.39 is 0 Å². The van der Waals surface area contributed by atoms with Crippen LogP contribution in [0.3, 0.4) is 0 Å². The number of aromatic nitrogens is 2. The third kappa shape index (κ3) is 3.08. The molecule has 1 aromatic carbocycles. The Hall–Kier alpha value is -2.47. The molecule has 2 N–H and O–H groups in total. The number of thiophene rings is 1. The number of nitrogens with zero attached hydrogens (tertiary/aromatic N) is 2. The number of amides is 1. The van der Waals surface area contributed by atoms with E-state index in [2.05, 4.69) is 44.9 Å². The van der Waals surface area contributed by atoms with E-state index in [1.165, 1.54) is 28.9 Å². The van der Waals surface area contributed by atoms with Gasteiger partial charge in [0.1, 0.15) is 17.0 Å². The van der Waals surface area contributed by atoms with Crippen molar-refractivity contribution in [3.05, 3.63) is 52.2 Å². The Morgan fingerprint density at radius 3 is 2.89 bits per heavy atom. The molecule has 1 amide bonds. The molecule has 3 aromatic rings. The second-order valence-corrected chi connectivity index (χ2v) is 8.49. The van der Waals surface area contributed by atoms with E-state index in [1.807, 2.05) is 6.92 Å². The van der Waals surface area contributed by atoms with Gasteiger partial charge in [-0.15, -0.1) is 11.3 Å². The molecule has 2 heterocycles. The molecule has 5 rings (SSSR count). The molecular weight excluding hydrogens is 356 g/mol. The van der Waals surface area contributed by atoms with Gasteiger partial charge in [-0.1, -0.05) is 24.3 Å². The van der Waals surface area contributed by atoms with Crippen molar-refractivity contribution in [3.63, 3.8) is 0 Å². The summed E-state index contributed by atoms with van der Waals surface area (Å²) in [5, 5.41) is 7.72. The molecule has 0 bridgehead atoms. The van der Waals surface area contributed by atoms with Crippen molar-refractivity contribution in [1.29, 1.82) is 0 Å². The number of carbonyl (C=O) groups is 1. The van der Waals surface area contributed by atoms with Crippen molar-refractivity contribution in [1.82, 2.24) is 15.3 Å². The minimum atomic E-state index is 0.0203. The van der Waals surface area contributed by atoms with Crippen LogP contribution in [0.2, 0.25) is 0 Å². The van der Waals surface area contributed by atoms with Crippen LogP contribution in [0.1, 0.15) is 58.1 Å². The smallest absolute Gasteiger partial charge is 0.261 e. The van der Waals surface area contributed by atoms with Gasteiger partial charge >= 0.3 is 0 Å². The highest BCUT2D eigenvalue weighted by Gasteiger charge is 2.27. The highest BCUT2D eigenvalue weighted by atomic mass is 32.1. The molecule has 5 nitrogen and oxygen atoms in total. The van der Waals surface area contributed by atoms with Crippen molar-refractivity contribution in [3.8, 4) is 0 Å². The van der Waals surface area contributed by atoms with E-state index in [0.29, 0.717) is 6.04 Å². The maximum Gasteiger partial charge on any atom is 0.261 e. The number of benzene rings is 1. The second kappa shape index (κ2) is 6.60. The summed E-state index contributed by atoms with van der Waals surface area (Å²) in [5.74, 6) is 0.855. The van der Waals surface area contributed by atoms with Crippen LogP contribution >= 0.6 is 11.3 Å². The van der Waals surface area contributed by atoms with Crippen molar-refractivity contribution >= 4 is 33.3 Å². The molecule has 0 saturated heterocycles. The maximum atomic E-state index is 12.6. The van der Waals surface area contributed by atoms with E-state index in [-0.39, 0.29) is 11.9 Å². The molecule has 2 aromatic heterocycles. The minimum Gasteiger partial charge on any atom is -0.363 e. The van der Waals surface area contributed by atoms with E-state index in [4.69, 9.17) is 0 Å². The molecule has 2 aliphatic carbocycles. The fourth-order valence-corrected chi connectivity index (χ4v) is 5.00. The van der Waals surface area contributed by atoms with Gasteiger partial charge in [-0.25, -0.2) is 9.97 Å². The lowest BCUT2D eigenvalue weighted by molar-refractivity contribution is 0.0954. The van der Waals surface area contributed by atoms with Crippen molar-refractivity contribution < 1.29 is 4.79 Å². The predicted octanol–water partition coefficient (Wildman–Crippen LogP) is 4.38. The summed E-state index contributed by atoms with van der Waals surface area (Å²) >= 11 is 1.46. The molecule has 0 unspecified atom stereocenters. The second-order valence-electron chi connectivity index (χ2n) is 7.49. The largest absolute Gasteiger partial charge is 0.363 e. The van der Waals surface area contributed by atoms with Gasteiger partial charge in [0.25, 0.3) is 5.91 Å². The fraction of sp³-hybridized carbons (Fsp3) is 0.381. The Kier molecular flexibility index (Phi) is 4.08. The average Bonchev–Trinajstić information content (AvgIpc) is 3.43. The summed E-state index contributed by atoms with van der Waals surface area (Å²) in [6, 6.07) is 9.23. The zero-order chi connectivity index (χ0) is 18.4. The summed E-state index contributed by atoms with van der Waals surface area (Å²) in [4.78, 5) is 23.2. The minimum absolute atomic E-state index is 0.0203. The van der Waals surface area contributed by atoms with Gasteiger partial charge in [0, 0.05) is 6.04 Å². The maximum absolute atomic E-state index is 12.6. The normalized spacial score (nSPS) is 18.9. The van der Waals surface area contributed by atoms with Gasteiger partial charge < -0.3 is 10.6 Å². The quantitative estimate of drug-likeness (QED) is 0.707. The summed E-state index contributed by atoms with van der Waals surface area (Å²) in [7, 11) is 0. The third-order valence-corrected chi connectivity index (χ3v) is 6.72. The first-order valence-corrected chi connectivity index (χ1v) is 10.4. The van der Waals surface area contributed by atoms with Gasteiger partial charge in [-0.3, -0.25) is 4.79 Å². The SMILES string of the molecule is Cc1c(C(=O)NC2CC2)sc2ncnc(N[C@H]3CCCc4ccccc43)c12. The highest BCUT2D eigenvalue weighted by molar-refractivity contribution is 7.20. The molecule has 1 fully saturated rings. The van der Waals surface area contributed by atoms with Crippen LogP contribution in [0.5, 0.6) is 0 Å². The zero-order valence-electron chi connectivity index (χ0n) is 15.3. The number of anilines is 1. The van der Waals surface area contributed by atoms with Crippen LogP contribution in [0, 0.1) is 6.92 Å². The van der Waals surface area contributed by atoms with Crippen LogP contribution in [-0.2, 0) is 6.42 Å². The lowest BCUT2D eigenvalue weighted by atomic mass is 9.87.